The lowest BCUT2D eigenvalue weighted by atomic mass is 10.1. The SMILES string of the molecule is O=C(CSc1ccc(Cl)cc1)NC(=S)Nc1ccc2c(c1)Cc1ccccc1-2. The maximum Gasteiger partial charge on any atom is 0.236 e. The standard InChI is InChI=1S/C22H17ClN2OS2/c23-16-5-8-18(9-6-16)28-13-21(26)25-22(27)24-17-7-10-20-15(12-17)11-14-3-1-2-4-19(14)20/h1-10,12H,11,13H2,(H2,24,25,26,27). The largest absolute Gasteiger partial charge is 0.332 e. The third-order valence-electron chi connectivity index (χ3n) is 4.49. The first-order valence-corrected chi connectivity index (χ1v) is 10.6. The Morgan fingerprint density at radius 2 is 1.75 bits per heavy atom. The molecule has 0 saturated carbocycles. The maximum atomic E-state index is 12.1. The summed E-state index contributed by atoms with van der Waals surface area (Å²) in [7, 11) is 0. The van der Waals surface area contributed by atoms with E-state index in [-0.39, 0.29) is 11.7 Å². The van der Waals surface area contributed by atoms with Gasteiger partial charge in [-0.2, -0.15) is 0 Å². The summed E-state index contributed by atoms with van der Waals surface area (Å²) in [5.74, 6) is 0.133. The molecule has 2 N–H and O–H groups in total. The Hall–Kier alpha value is -2.34. The molecule has 0 unspecified atom stereocenters. The Labute approximate surface area is 178 Å². The highest BCUT2D eigenvalue weighted by Gasteiger charge is 2.18. The van der Waals surface area contributed by atoms with E-state index in [1.54, 1.807) is 12.1 Å². The third-order valence-corrected chi connectivity index (χ3v) is 5.96. The predicted molar refractivity (Wildman–Crippen MR) is 121 cm³/mol. The van der Waals surface area contributed by atoms with E-state index in [2.05, 4.69) is 47.0 Å². The minimum absolute atomic E-state index is 0.147. The number of thiocarbonyl (C=S) groups is 1. The van der Waals surface area contributed by atoms with Gasteiger partial charge in [0.2, 0.25) is 5.91 Å². The van der Waals surface area contributed by atoms with Crippen molar-refractivity contribution >= 4 is 52.3 Å². The van der Waals surface area contributed by atoms with Gasteiger partial charge in [-0.25, -0.2) is 0 Å². The number of hydrogen-bond donors (Lipinski definition) is 2. The van der Waals surface area contributed by atoms with Crippen LogP contribution in [0.25, 0.3) is 11.1 Å². The van der Waals surface area contributed by atoms with Gasteiger partial charge in [0.05, 0.1) is 5.75 Å². The summed E-state index contributed by atoms with van der Waals surface area (Å²) in [6, 6.07) is 22.0. The van der Waals surface area contributed by atoms with Gasteiger partial charge in [-0.05, 0) is 77.3 Å². The third kappa shape index (κ3) is 4.38. The highest BCUT2D eigenvalue weighted by atomic mass is 35.5. The molecule has 0 aliphatic heterocycles. The van der Waals surface area contributed by atoms with Crippen LogP contribution >= 0.6 is 35.6 Å². The van der Waals surface area contributed by atoms with E-state index in [1.807, 2.05) is 18.2 Å². The van der Waals surface area contributed by atoms with Crippen LogP contribution in [0.15, 0.2) is 71.6 Å². The molecule has 3 nitrogen and oxygen atoms in total. The average molecular weight is 425 g/mol. The van der Waals surface area contributed by atoms with E-state index in [1.165, 1.54) is 34.0 Å². The van der Waals surface area contributed by atoms with Crippen LogP contribution in [-0.4, -0.2) is 16.8 Å². The number of nitrogens with one attached hydrogen (secondary N) is 2. The highest BCUT2D eigenvalue weighted by molar-refractivity contribution is 8.00. The van der Waals surface area contributed by atoms with E-state index in [9.17, 15) is 4.79 Å². The second-order valence-electron chi connectivity index (χ2n) is 6.45. The number of amides is 1. The fraction of sp³-hybridized carbons (Fsp3) is 0.0909. The van der Waals surface area contributed by atoms with Crippen molar-refractivity contribution in [3.8, 4) is 11.1 Å². The number of rotatable bonds is 4. The molecule has 0 heterocycles. The van der Waals surface area contributed by atoms with E-state index in [0.29, 0.717) is 10.1 Å². The van der Waals surface area contributed by atoms with Gasteiger partial charge in [0.15, 0.2) is 5.11 Å². The molecule has 4 rings (SSSR count). The van der Waals surface area contributed by atoms with Gasteiger partial charge in [-0.1, -0.05) is 41.9 Å². The van der Waals surface area contributed by atoms with Crippen molar-refractivity contribution in [3.63, 3.8) is 0 Å². The van der Waals surface area contributed by atoms with Crippen LogP contribution in [0.1, 0.15) is 11.1 Å². The summed E-state index contributed by atoms with van der Waals surface area (Å²) in [5, 5.41) is 6.82. The van der Waals surface area contributed by atoms with Crippen molar-refractivity contribution in [2.75, 3.05) is 11.1 Å². The molecular formula is C22H17ClN2OS2. The smallest absolute Gasteiger partial charge is 0.236 e. The van der Waals surface area contributed by atoms with E-state index in [0.717, 1.165) is 17.0 Å². The number of benzene rings is 3. The molecule has 1 aliphatic rings. The molecular weight excluding hydrogens is 408 g/mol. The molecule has 28 heavy (non-hydrogen) atoms. The van der Waals surface area contributed by atoms with Crippen molar-refractivity contribution in [2.45, 2.75) is 11.3 Å². The summed E-state index contributed by atoms with van der Waals surface area (Å²) in [4.78, 5) is 13.1. The van der Waals surface area contributed by atoms with Gasteiger partial charge in [0.1, 0.15) is 0 Å². The van der Waals surface area contributed by atoms with Gasteiger partial charge < -0.3 is 10.6 Å². The Morgan fingerprint density at radius 1 is 1.00 bits per heavy atom. The topological polar surface area (TPSA) is 41.1 Å². The summed E-state index contributed by atoms with van der Waals surface area (Å²) >= 11 is 12.6. The second-order valence-corrected chi connectivity index (χ2v) is 8.34. The van der Waals surface area contributed by atoms with Crippen LogP contribution in [0.3, 0.4) is 0 Å². The van der Waals surface area contributed by atoms with Crippen LogP contribution in [0.4, 0.5) is 5.69 Å². The lowest BCUT2D eigenvalue weighted by Crippen LogP contribution is -2.35. The summed E-state index contributed by atoms with van der Waals surface area (Å²) in [5.41, 5.74) is 6.03. The predicted octanol–water partition coefficient (Wildman–Crippen LogP) is 5.52. The zero-order valence-electron chi connectivity index (χ0n) is 14.9. The van der Waals surface area contributed by atoms with Crippen LogP contribution in [0.2, 0.25) is 5.02 Å². The van der Waals surface area contributed by atoms with Gasteiger partial charge in [0, 0.05) is 15.6 Å². The van der Waals surface area contributed by atoms with Crippen molar-refractivity contribution in [1.82, 2.24) is 5.32 Å². The molecule has 140 valence electrons. The second kappa shape index (κ2) is 8.35. The first-order valence-electron chi connectivity index (χ1n) is 8.79. The summed E-state index contributed by atoms with van der Waals surface area (Å²) in [6.45, 7) is 0. The maximum absolute atomic E-state index is 12.1. The summed E-state index contributed by atoms with van der Waals surface area (Å²) in [6.07, 6.45) is 0.915. The Kier molecular flexibility index (Phi) is 5.67. The molecule has 0 fully saturated rings. The van der Waals surface area contributed by atoms with Gasteiger partial charge >= 0.3 is 0 Å². The molecule has 1 aliphatic carbocycles. The zero-order chi connectivity index (χ0) is 19.5. The van der Waals surface area contributed by atoms with Gasteiger partial charge in [-0.3, -0.25) is 4.79 Å². The molecule has 0 bridgehead atoms. The normalized spacial score (nSPS) is 11.5. The van der Waals surface area contributed by atoms with Crippen LogP contribution < -0.4 is 10.6 Å². The van der Waals surface area contributed by atoms with Gasteiger partial charge in [-0.15, -0.1) is 11.8 Å². The number of fused-ring (bicyclic) bond motifs is 3. The molecule has 0 spiro atoms. The minimum Gasteiger partial charge on any atom is -0.332 e. The minimum atomic E-state index is -0.147. The lowest BCUT2D eigenvalue weighted by molar-refractivity contribution is -0.117. The van der Waals surface area contributed by atoms with E-state index in [4.69, 9.17) is 23.8 Å². The highest BCUT2D eigenvalue weighted by Crippen LogP contribution is 2.37. The van der Waals surface area contributed by atoms with Gasteiger partial charge in [0.25, 0.3) is 0 Å². The van der Waals surface area contributed by atoms with Crippen molar-refractivity contribution in [3.05, 3.63) is 82.9 Å². The Balaban J connectivity index is 1.32. The number of halogens is 1. The van der Waals surface area contributed by atoms with Crippen molar-refractivity contribution in [2.24, 2.45) is 0 Å². The number of carbonyl (C=O) groups excluding carboxylic acids is 1. The monoisotopic (exact) mass is 424 g/mol. The molecule has 0 aromatic heterocycles. The fourth-order valence-electron chi connectivity index (χ4n) is 3.23. The number of hydrogen-bond acceptors (Lipinski definition) is 3. The Morgan fingerprint density at radius 3 is 2.57 bits per heavy atom. The quantitative estimate of drug-likeness (QED) is 0.334. The lowest BCUT2D eigenvalue weighted by Gasteiger charge is -2.11. The van der Waals surface area contributed by atoms with Crippen molar-refractivity contribution in [1.29, 1.82) is 0 Å². The average Bonchev–Trinajstić information content (AvgIpc) is 3.05. The van der Waals surface area contributed by atoms with E-state index < -0.39 is 0 Å². The molecule has 3 aromatic rings. The first kappa shape index (κ1) is 19.0. The van der Waals surface area contributed by atoms with Crippen LogP contribution in [-0.2, 0) is 11.2 Å². The zero-order valence-corrected chi connectivity index (χ0v) is 17.3. The molecule has 6 heteroatoms. The molecule has 1 amide bonds. The fourth-order valence-corrected chi connectivity index (χ4v) is 4.28. The molecule has 0 radical (unpaired) electrons. The number of carbonyl (C=O) groups is 1. The van der Waals surface area contributed by atoms with Crippen LogP contribution in [0.5, 0.6) is 0 Å². The molecule has 0 atom stereocenters. The van der Waals surface area contributed by atoms with Crippen LogP contribution in [0, 0.1) is 0 Å². The number of thioether (sulfide) groups is 1. The summed E-state index contributed by atoms with van der Waals surface area (Å²) < 4.78 is 0. The Bertz CT molecular complexity index is 1050. The molecule has 0 saturated heterocycles. The molecule has 3 aromatic carbocycles. The number of anilines is 1. The first-order chi connectivity index (χ1) is 13.6. The van der Waals surface area contributed by atoms with E-state index >= 15 is 0 Å². The van der Waals surface area contributed by atoms with Crippen molar-refractivity contribution < 1.29 is 4.79 Å².